The number of thiazole rings is 1. The van der Waals surface area contributed by atoms with Crippen molar-refractivity contribution < 1.29 is 0 Å². The fraction of sp³-hybridized carbons (Fsp3) is 0.826. The first-order valence-electron chi connectivity index (χ1n) is 12.0. The number of nitrogens with one attached hydrogen (secondary N) is 2. The smallest absolute Gasteiger partial charge is 0.191 e. The normalized spacial score (nSPS) is 28.2. The molecule has 0 aromatic carbocycles. The van der Waals surface area contributed by atoms with E-state index in [0.717, 1.165) is 37.7 Å². The lowest BCUT2D eigenvalue weighted by molar-refractivity contribution is 0.0526. The fourth-order valence-corrected chi connectivity index (χ4v) is 6.11. The molecule has 176 valence electrons. The van der Waals surface area contributed by atoms with Crippen molar-refractivity contribution >= 4 is 41.3 Å². The molecule has 2 bridgehead atoms. The summed E-state index contributed by atoms with van der Waals surface area (Å²) >= 11 is 1.76. The van der Waals surface area contributed by atoms with E-state index in [2.05, 4.69) is 51.7 Å². The van der Waals surface area contributed by atoms with E-state index in [1.165, 1.54) is 68.7 Å². The topological polar surface area (TPSA) is 55.8 Å². The maximum absolute atomic E-state index is 5.01. The molecule has 0 amide bonds. The number of guanidine groups is 1. The number of fused-ring (bicyclic) bond motifs is 2. The molecule has 3 aliphatic heterocycles. The highest BCUT2D eigenvalue weighted by Crippen LogP contribution is 2.32. The number of piperidine rings is 3. The molecule has 31 heavy (non-hydrogen) atoms. The number of aromatic nitrogens is 1. The molecule has 3 saturated heterocycles. The Kier molecular flexibility index (Phi) is 9.86. The van der Waals surface area contributed by atoms with Crippen LogP contribution in [-0.2, 0) is 6.54 Å². The molecular weight excluding hydrogens is 519 g/mol. The minimum atomic E-state index is 0. The second kappa shape index (κ2) is 12.1. The Balaban J connectivity index is 0.00000272. The van der Waals surface area contributed by atoms with Gasteiger partial charge in [0.05, 0.1) is 10.7 Å². The predicted octanol–water partition coefficient (Wildman–Crippen LogP) is 3.85. The minimum Gasteiger partial charge on any atom is -0.357 e. The molecule has 0 radical (unpaired) electrons. The molecule has 3 fully saturated rings. The highest BCUT2D eigenvalue weighted by atomic mass is 127. The van der Waals surface area contributed by atoms with Gasteiger partial charge >= 0.3 is 0 Å². The van der Waals surface area contributed by atoms with Crippen molar-refractivity contribution in [3.8, 4) is 0 Å². The average Bonchev–Trinajstić information content (AvgIpc) is 3.13. The zero-order valence-corrected chi connectivity index (χ0v) is 22.6. The number of halogens is 1. The van der Waals surface area contributed by atoms with Gasteiger partial charge in [0.1, 0.15) is 0 Å². The first kappa shape index (κ1) is 25.2. The molecule has 4 rings (SSSR count). The van der Waals surface area contributed by atoms with E-state index >= 15 is 0 Å². The summed E-state index contributed by atoms with van der Waals surface area (Å²) in [6.07, 6.45) is 9.11. The van der Waals surface area contributed by atoms with Crippen molar-refractivity contribution in [2.75, 3.05) is 33.2 Å². The molecule has 6 nitrogen and oxygen atoms in total. The molecule has 2 atom stereocenters. The lowest BCUT2D eigenvalue weighted by Gasteiger charge is -2.47. The van der Waals surface area contributed by atoms with Gasteiger partial charge in [0.25, 0.3) is 0 Å². The van der Waals surface area contributed by atoms with E-state index in [1.54, 1.807) is 11.3 Å². The number of hydrogen-bond acceptors (Lipinski definition) is 5. The lowest BCUT2D eigenvalue weighted by atomic mass is 9.82. The largest absolute Gasteiger partial charge is 0.357 e. The Labute approximate surface area is 209 Å². The zero-order chi connectivity index (χ0) is 20.9. The van der Waals surface area contributed by atoms with Crippen molar-refractivity contribution in [2.24, 2.45) is 10.9 Å². The van der Waals surface area contributed by atoms with Crippen molar-refractivity contribution in [3.05, 3.63) is 16.1 Å². The second-order valence-electron chi connectivity index (χ2n) is 9.51. The monoisotopic (exact) mass is 560 g/mol. The third-order valence-electron chi connectivity index (χ3n) is 7.29. The van der Waals surface area contributed by atoms with Crippen LogP contribution >= 0.6 is 35.3 Å². The first-order chi connectivity index (χ1) is 14.6. The number of likely N-dealkylation sites (tertiary alicyclic amines) is 1. The first-order valence-corrected chi connectivity index (χ1v) is 12.9. The van der Waals surface area contributed by atoms with Crippen molar-refractivity contribution in [1.29, 1.82) is 0 Å². The average molecular weight is 561 g/mol. The molecule has 2 N–H and O–H groups in total. The Morgan fingerprint density at radius 3 is 2.52 bits per heavy atom. The third kappa shape index (κ3) is 7.01. The van der Waals surface area contributed by atoms with Crippen LogP contribution in [0.25, 0.3) is 0 Å². The van der Waals surface area contributed by atoms with Crippen LogP contribution < -0.4 is 10.6 Å². The van der Waals surface area contributed by atoms with Gasteiger partial charge in [-0.2, -0.15) is 0 Å². The van der Waals surface area contributed by atoms with E-state index in [-0.39, 0.29) is 24.0 Å². The summed E-state index contributed by atoms with van der Waals surface area (Å²) in [7, 11) is 2.33. The van der Waals surface area contributed by atoms with E-state index in [1.807, 2.05) is 0 Å². The van der Waals surface area contributed by atoms with Gasteiger partial charge in [0.15, 0.2) is 5.96 Å². The zero-order valence-electron chi connectivity index (χ0n) is 19.5. The molecule has 1 aromatic rings. The van der Waals surface area contributed by atoms with Gasteiger partial charge in [-0.25, -0.2) is 4.98 Å². The Hall–Kier alpha value is -0.450. The molecule has 0 aliphatic carbocycles. The number of rotatable bonds is 6. The Morgan fingerprint density at radius 2 is 1.90 bits per heavy atom. The summed E-state index contributed by atoms with van der Waals surface area (Å²) < 4.78 is 0. The van der Waals surface area contributed by atoms with Gasteiger partial charge in [-0.3, -0.25) is 9.89 Å². The van der Waals surface area contributed by atoms with E-state index in [4.69, 9.17) is 4.99 Å². The van der Waals surface area contributed by atoms with Crippen molar-refractivity contribution in [3.63, 3.8) is 0 Å². The molecule has 8 heteroatoms. The highest BCUT2D eigenvalue weighted by Gasteiger charge is 2.36. The highest BCUT2D eigenvalue weighted by molar-refractivity contribution is 14.0. The lowest BCUT2D eigenvalue weighted by Crippen LogP contribution is -2.56. The second-order valence-corrected chi connectivity index (χ2v) is 10.6. The standard InChI is InChI=1S/C23H40N6S.HI/c1-4-24-23(27-19-12-21-6-5-7-22(13-19)28(21)3)25-14-18-8-10-29(11-9-18)15-20-16-30-17(2)26-20;/h16,18-19,21-22H,4-15H2,1-3H3,(H2,24,25,27);1H. The maximum Gasteiger partial charge on any atom is 0.191 e. The number of aryl methyl sites for hydroxylation is 1. The third-order valence-corrected chi connectivity index (χ3v) is 8.11. The number of aliphatic imine (C=N–C) groups is 1. The molecular formula is C23H41IN6S. The van der Waals surface area contributed by atoms with Crippen LogP contribution in [0, 0.1) is 12.8 Å². The van der Waals surface area contributed by atoms with Gasteiger partial charge in [0.2, 0.25) is 0 Å². The van der Waals surface area contributed by atoms with Crippen LogP contribution in [0.1, 0.15) is 62.6 Å². The predicted molar refractivity (Wildman–Crippen MR) is 142 cm³/mol. The summed E-state index contributed by atoms with van der Waals surface area (Å²) in [5, 5.41) is 10.7. The number of hydrogen-bond donors (Lipinski definition) is 2. The van der Waals surface area contributed by atoms with Gasteiger partial charge in [-0.1, -0.05) is 6.42 Å². The SMILES string of the molecule is CCNC(=NCC1CCN(Cc2csc(C)n2)CC1)NC1CC2CCCC(C1)N2C.I. The van der Waals surface area contributed by atoms with E-state index in [0.29, 0.717) is 12.0 Å². The maximum atomic E-state index is 5.01. The molecule has 1 aromatic heterocycles. The quantitative estimate of drug-likeness (QED) is 0.315. The molecule has 0 saturated carbocycles. The molecule has 2 unspecified atom stereocenters. The van der Waals surface area contributed by atoms with Gasteiger partial charge in [0, 0.05) is 43.1 Å². The van der Waals surface area contributed by atoms with E-state index < -0.39 is 0 Å². The summed E-state index contributed by atoms with van der Waals surface area (Å²) in [4.78, 5) is 14.8. The molecule has 0 spiro atoms. The van der Waals surface area contributed by atoms with Crippen LogP contribution in [0.5, 0.6) is 0 Å². The van der Waals surface area contributed by atoms with Gasteiger partial charge in [-0.05, 0) is 78.4 Å². The summed E-state index contributed by atoms with van der Waals surface area (Å²) in [6, 6.07) is 2.07. The van der Waals surface area contributed by atoms with Crippen LogP contribution in [-0.4, -0.2) is 72.1 Å². The summed E-state index contributed by atoms with van der Waals surface area (Å²) in [5.41, 5.74) is 1.23. The van der Waals surface area contributed by atoms with Crippen molar-refractivity contribution in [1.82, 2.24) is 25.4 Å². The fourth-order valence-electron chi connectivity index (χ4n) is 5.50. The van der Waals surface area contributed by atoms with Crippen LogP contribution in [0.2, 0.25) is 0 Å². The van der Waals surface area contributed by atoms with Crippen molar-refractivity contribution in [2.45, 2.75) is 83.5 Å². The molecule has 4 heterocycles. The van der Waals surface area contributed by atoms with E-state index in [9.17, 15) is 0 Å². The molecule has 3 aliphatic rings. The summed E-state index contributed by atoms with van der Waals surface area (Å²) in [5.74, 6) is 1.73. The number of nitrogens with zero attached hydrogens (tertiary/aromatic N) is 4. The van der Waals surface area contributed by atoms with Crippen LogP contribution in [0.3, 0.4) is 0 Å². The minimum absolute atomic E-state index is 0. The summed E-state index contributed by atoms with van der Waals surface area (Å²) in [6.45, 7) is 9.46. The Bertz CT molecular complexity index is 688. The van der Waals surface area contributed by atoms with Gasteiger partial charge in [-0.15, -0.1) is 35.3 Å². The van der Waals surface area contributed by atoms with Gasteiger partial charge < -0.3 is 15.5 Å². The Morgan fingerprint density at radius 1 is 1.19 bits per heavy atom. The van der Waals surface area contributed by atoms with Crippen LogP contribution in [0.15, 0.2) is 10.4 Å². The van der Waals surface area contributed by atoms with Crippen LogP contribution in [0.4, 0.5) is 0 Å².